The molecule has 0 aliphatic heterocycles. The van der Waals surface area contributed by atoms with Crippen LogP contribution in [0.3, 0.4) is 0 Å². The number of hydrogen-bond donors (Lipinski definition) is 1. The van der Waals surface area contributed by atoms with E-state index < -0.39 is 0 Å². The molecule has 0 heterocycles. The van der Waals surface area contributed by atoms with Crippen LogP contribution >= 0.6 is 0 Å². The van der Waals surface area contributed by atoms with Crippen LogP contribution in [0.15, 0.2) is 24.3 Å². The van der Waals surface area contributed by atoms with Crippen molar-refractivity contribution in [2.75, 3.05) is 6.54 Å². The zero-order chi connectivity index (χ0) is 12.0. The van der Waals surface area contributed by atoms with E-state index in [2.05, 4.69) is 26.1 Å². The molecule has 1 N–H and O–H groups in total. The average Bonchev–Trinajstić information content (AvgIpc) is 2.21. The summed E-state index contributed by atoms with van der Waals surface area (Å²) in [5.74, 6) is 0.546. The molecular weight excluding hydrogens is 201 g/mol. The van der Waals surface area contributed by atoms with Crippen molar-refractivity contribution in [3.63, 3.8) is 0 Å². The quantitative estimate of drug-likeness (QED) is 0.779. The smallest absolute Gasteiger partial charge is 0.126 e. The van der Waals surface area contributed by atoms with E-state index in [4.69, 9.17) is 0 Å². The number of likely N-dealkylation sites (N-methyl/N-ethyl adjacent to an activating group) is 1. The van der Waals surface area contributed by atoms with Crippen LogP contribution in [-0.2, 0) is 6.42 Å². The van der Waals surface area contributed by atoms with Gasteiger partial charge in [-0.25, -0.2) is 4.39 Å². The predicted molar refractivity (Wildman–Crippen MR) is 67.0 cm³/mol. The van der Waals surface area contributed by atoms with Gasteiger partial charge in [0.1, 0.15) is 5.82 Å². The third-order valence-electron chi connectivity index (χ3n) is 2.67. The van der Waals surface area contributed by atoms with E-state index in [0.717, 1.165) is 24.9 Å². The Morgan fingerprint density at radius 3 is 2.50 bits per heavy atom. The lowest BCUT2D eigenvalue weighted by molar-refractivity contribution is 0.418. The molecular formula is C14H22FN. The summed E-state index contributed by atoms with van der Waals surface area (Å²) in [6.45, 7) is 7.43. The summed E-state index contributed by atoms with van der Waals surface area (Å²) in [6.07, 6.45) is 1.86. The highest BCUT2D eigenvalue weighted by Crippen LogP contribution is 2.13. The van der Waals surface area contributed by atoms with Gasteiger partial charge in [-0.05, 0) is 36.9 Å². The van der Waals surface area contributed by atoms with Crippen LogP contribution < -0.4 is 5.32 Å². The Labute approximate surface area is 98.1 Å². The number of rotatable bonds is 6. The van der Waals surface area contributed by atoms with Crippen molar-refractivity contribution in [1.82, 2.24) is 5.32 Å². The summed E-state index contributed by atoms with van der Waals surface area (Å²) >= 11 is 0. The summed E-state index contributed by atoms with van der Waals surface area (Å²) in [6, 6.07) is 7.43. The number of nitrogens with one attached hydrogen (secondary N) is 1. The summed E-state index contributed by atoms with van der Waals surface area (Å²) < 4.78 is 13.5. The minimum absolute atomic E-state index is 0.0887. The monoisotopic (exact) mass is 223 g/mol. The fourth-order valence-corrected chi connectivity index (χ4v) is 2.03. The molecule has 1 nitrogen and oxygen atoms in total. The fourth-order valence-electron chi connectivity index (χ4n) is 2.03. The lowest BCUT2D eigenvalue weighted by atomic mass is 9.97. The normalized spacial score (nSPS) is 13.1. The maximum absolute atomic E-state index is 13.5. The SMILES string of the molecule is CCNC(Cc1ccccc1F)CC(C)C. The van der Waals surface area contributed by atoms with E-state index >= 15 is 0 Å². The van der Waals surface area contributed by atoms with Gasteiger partial charge < -0.3 is 5.32 Å². The van der Waals surface area contributed by atoms with E-state index in [0.29, 0.717) is 12.0 Å². The summed E-state index contributed by atoms with van der Waals surface area (Å²) in [5, 5.41) is 3.42. The fraction of sp³-hybridized carbons (Fsp3) is 0.571. The molecule has 16 heavy (non-hydrogen) atoms. The maximum atomic E-state index is 13.5. The topological polar surface area (TPSA) is 12.0 Å². The highest BCUT2D eigenvalue weighted by Gasteiger charge is 2.12. The second-order valence-electron chi connectivity index (χ2n) is 4.68. The molecule has 0 aliphatic rings. The van der Waals surface area contributed by atoms with Crippen molar-refractivity contribution in [3.8, 4) is 0 Å². The molecule has 1 unspecified atom stereocenters. The van der Waals surface area contributed by atoms with Crippen LogP contribution in [0.1, 0.15) is 32.8 Å². The Balaban J connectivity index is 2.64. The van der Waals surface area contributed by atoms with Crippen molar-refractivity contribution < 1.29 is 4.39 Å². The number of halogens is 1. The lowest BCUT2D eigenvalue weighted by Gasteiger charge is -2.20. The van der Waals surface area contributed by atoms with E-state index in [9.17, 15) is 4.39 Å². The van der Waals surface area contributed by atoms with Gasteiger partial charge >= 0.3 is 0 Å². The van der Waals surface area contributed by atoms with E-state index in [1.165, 1.54) is 6.07 Å². The first-order valence-corrected chi connectivity index (χ1v) is 6.10. The molecule has 1 atom stereocenters. The van der Waals surface area contributed by atoms with Crippen molar-refractivity contribution in [1.29, 1.82) is 0 Å². The molecule has 0 saturated carbocycles. The molecule has 0 aromatic heterocycles. The van der Waals surface area contributed by atoms with Gasteiger partial charge in [-0.15, -0.1) is 0 Å². The third-order valence-corrected chi connectivity index (χ3v) is 2.67. The van der Waals surface area contributed by atoms with E-state index in [1.807, 2.05) is 12.1 Å². The molecule has 0 fully saturated rings. The third kappa shape index (κ3) is 4.31. The van der Waals surface area contributed by atoms with Crippen molar-refractivity contribution in [2.45, 2.75) is 39.7 Å². The average molecular weight is 223 g/mol. The summed E-state index contributed by atoms with van der Waals surface area (Å²) in [5.41, 5.74) is 0.814. The molecule has 0 bridgehead atoms. The second-order valence-corrected chi connectivity index (χ2v) is 4.68. The molecule has 0 saturated heterocycles. The van der Waals surface area contributed by atoms with Gasteiger partial charge in [-0.1, -0.05) is 39.0 Å². The Morgan fingerprint density at radius 2 is 1.94 bits per heavy atom. The van der Waals surface area contributed by atoms with Crippen LogP contribution in [0.4, 0.5) is 4.39 Å². The molecule has 0 spiro atoms. The standard InChI is InChI=1S/C14H22FN/c1-4-16-13(9-11(2)3)10-12-7-5-6-8-14(12)15/h5-8,11,13,16H,4,9-10H2,1-3H3. The molecule has 1 rings (SSSR count). The molecule has 0 aliphatic carbocycles. The van der Waals surface area contributed by atoms with Crippen molar-refractivity contribution in [3.05, 3.63) is 35.6 Å². The molecule has 2 heteroatoms. The maximum Gasteiger partial charge on any atom is 0.126 e. The van der Waals surface area contributed by atoms with Crippen LogP contribution in [0.25, 0.3) is 0 Å². The highest BCUT2D eigenvalue weighted by atomic mass is 19.1. The number of hydrogen-bond acceptors (Lipinski definition) is 1. The van der Waals surface area contributed by atoms with Crippen LogP contribution in [0.5, 0.6) is 0 Å². The first-order chi connectivity index (χ1) is 7.63. The molecule has 0 radical (unpaired) electrons. The van der Waals surface area contributed by atoms with Gasteiger partial charge in [0, 0.05) is 6.04 Å². The predicted octanol–water partition coefficient (Wildman–Crippen LogP) is 3.39. The Bertz CT molecular complexity index is 309. The van der Waals surface area contributed by atoms with Gasteiger partial charge in [-0.3, -0.25) is 0 Å². The molecule has 1 aromatic rings. The van der Waals surface area contributed by atoms with Gasteiger partial charge in [0.15, 0.2) is 0 Å². The van der Waals surface area contributed by atoms with Gasteiger partial charge in [-0.2, -0.15) is 0 Å². The largest absolute Gasteiger partial charge is 0.314 e. The Morgan fingerprint density at radius 1 is 1.25 bits per heavy atom. The van der Waals surface area contributed by atoms with Gasteiger partial charge in [0.25, 0.3) is 0 Å². The first kappa shape index (κ1) is 13.2. The van der Waals surface area contributed by atoms with Crippen molar-refractivity contribution in [2.24, 2.45) is 5.92 Å². The Kier molecular flexibility index (Phi) is 5.47. The second kappa shape index (κ2) is 6.64. The minimum Gasteiger partial charge on any atom is -0.314 e. The molecule has 90 valence electrons. The van der Waals surface area contributed by atoms with E-state index in [1.54, 1.807) is 6.07 Å². The Hall–Kier alpha value is -0.890. The van der Waals surface area contributed by atoms with Crippen LogP contribution in [0.2, 0.25) is 0 Å². The molecule has 1 aromatic carbocycles. The zero-order valence-corrected chi connectivity index (χ0v) is 10.5. The highest BCUT2D eigenvalue weighted by molar-refractivity contribution is 5.18. The van der Waals surface area contributed by atoms with Gasteiger partial charge in [0.2, 0.25) is 0 Å². The van der Waals surface area contributed by atoms with Crippen LogP contribution in [-0.4, -0.2) is 12.6 Å². The summed E-state index contributed by atoms with van der Waals surface area (Å²) in [7, 11) is 0. The van der Waals surface area contributed by atoms with Crippen LogP contribution in [0, 0.1) is 11.7 Å². The number of benzene rings is 1. The first-order valence-electron chi connectivity index (χ1n) is 6.10. The van der Waals surface area contributed by atoms with Gasteiger partial charge in [0.05, 0.1) is 0 Å². The van der Waals surface area contributed by atoms with E-state index in [-0.39, 0.29) is 5.82 Å². The lowest BCUT2D eigenvalue weighted by Crippen LogP contribution is -2.32. The summed E-state index contributed by atoms with van der Waals surface area (Å²) in [4.78, 5) is 0. The van der Waals surface area contributed by atoms with Crippen molar-refractivity contribution >= 4 is 0 Å². The zero-order valence-electron chi connectivity index (χ0n) is 10.5. The molecule has 0 amide bonds. The minimum atomic E-state index is -0.0887.